The van der Waals surface area contributed by atoms with E-state index in [0.717, 1.165) is 18.4 Å². The van der Waals surface area contributed by atoms with Crippen LogP contribution in [0.3, 0.4) is 0 Å². The van der Waals surface area contributed by atoms with Crippen molar-refractivity contribution in [3.63, 3.8) is 0 Å². The molecule has 1 heterocycles. The second kappa shape index (κ2) is 9.29. The molecule has 0 saturated carbocycles. The van der Waals surface area contributed by atoms with Gasteiger partial charge in [0.15, 0.2) is 0 Å². The lowest BCUT2D eigenvalue weighted by Gasteiger charge is -2.32. The summed E-state index contributed by atoms with van der Waals surface area (Å²) in [6.45, 7) is 1.59. The van der Waals surface area contributed by atoms with Gasteiger partial charge in [0.25, 0.3) is 5.91 Å². The van der Waals surface area contributed by atoms with Crippen molar-refractivity contribution in [2.75, 3.05) is 19.3 Å². The molecule has 3 rings (SSSR count). The fourth-order valence-corrected chi connectivity index (χ4v) is 3.88. The van der Waals surface area contributed by atoms with Gasteiger partial charge in [0.05, 0.1) is 16.5 Å². The summed E-state index contributed by atoms with van der Waals surface area (Å²) in [6.07, 6.45) is 3.65. The molecule has 0 bridgehead atoms. The highest BCUT2D eigenvalue weighted by molar-refractivity contribution is 7.98. The first-order valence-electron chi connectivity index (χ1n) is 9.03. The molecule has 2 amide bonds. The highest BCUT2D eigenvalue weighted by Crippen LogP contribution is 2.22. The molecule has 4 nitrogen and oxygen atoms in total. The van der Waals surface area contributed by atoms with Crippen molar-refractivity contribution in [1.29, 1.82) is 0 Å². The summed E-state index contributed by atoms with van der Waals surface area (Å²) in [4.78, 5) is 28.3. The average Bonchev–Trinajstić information content (AvgIpc) is 2.72. The summed E-state index contributed by atoms with van der Waals surface area (Å²) >= 11 is 7.84. The quantitative estimate of drug-likeness (QED) is 0.761. The van der Waals surface area contributed by atoms with Crippen LogP contribution >= 0.6 is 23.4 Å². The second-order valence-electron chi connectivity index (χ2n) is 6.64. The zero-order valence-corrected chi connectivity index (χ0v) is 16.9. The second-order valence-corrected chi connectivity index (χ2v) is 7.92. The predicted octanol–water partition coefficient (Wildman–Crippen LogP) is 4.23. The molecule has 0 aliphatic carbocycles. The lowest BCUT2D eigenvalue weighted by Crippen LogP contribution is -2.45. The van der Waals surface area contributed by atoms with Gasteiger partial charge in [-0.2, -0.15) is 0 Å². The number of piperidine rings is 1. The maximum atomic E-state index is 12.7. The third-order valence-electron chi connectivity index (χ3n) is 4.81. The predicted molar refractivity (Wildman–Crippen MR) is 110 cm³/mol. The van der Waals surface area contributed by atoms with Gasteiger partial charge in [0, 0.05) is 24.5 Å². The van der Waals surface area contributed by atoms with Crippen LogP contribution < -0.4 is 5.32 Å². The van der Waals surface area contributed by atoms with Gasteiger partial charge in [-0.3, -0.25) is 9.59 Å². The lowest BCUT2D eigenvalue weighted by atomic mass is 9.96. The average molecular weight is 403 g/mol. The summed E-state index contributed by atoms with van der Waals surface area (Å²) in [6, 6.07) is 15.2. The minimum Gasteiger partial charge on any atom is -0.352 e. The van der Waals surface area contributed by atoms with Gasteiger partial charge >= 0.3 is 0 Å². The van der Waals surface area contributed by atoms with E-state index in [9.17, 15) is 9.59 Å². The third kappa shape index (κ3) is 5.05. The molecule has 0 unspecified atom stereocenters. The van der Waals surface area contributed by atoms with Crippen LogP contribution in [-0.2, 0) is 11.3 Å². The van der Waals surface area contributed by atoms with Crippen LogP contribution in [0.4, 0.5) is 0 Å². The Kier molecular flexibility index (Phi) is 6.80. The molecule has 2 aromatic rings. The number of rotatable bonds is 5. The van der Waals surface area contributed by atoms with Crippen molar-refractivity contribution < 1.29 is 9.59 Å². The Bertz CT molecular complexity index is 810. The van der Waals surface area contributed by atoms with Crippen LogP contribution in [0.25, 0.3) is 0 Å². The molecule has 0 spiro atoms. The molecular weight excluding hydrogens is 380 g/mol. The number of benzene rings is 2. The molecule has 1 aliphatic rings. The minimum atomic E-state index is -0.185. The molecule has 1 N–H and O–H groups in total. The Morgan fingerprint density at radius 3 is 2.63 bits per heavy atom. The number of nitrogens with zero attached hydrogens (tertiary/aromatic N) is 1. The number of hydrogen-bond acceptors (Lipinski definition) is 3. The van der Waals surface area contributed by atoms with E-state index in [1.807, 2.05) is 18.4 Å². The number of nitrogens with one attached hydrogen (secondary N) is 1. The number of likely N-dealkylation sites (tertiary alicyclic amines) is 1. The largest absolute Gasteiger partial charge is 0.352 e. The van der Waals surface area contributed by atoms with Gasteiger partial charge in [0.2, 0.25) is 5.91 Å². The number of halogens is 1. The van der Waals surface area contributed by atoms with Crippen molar-refractivity contribution in [2.45, 2.75) is 24.3 Å². The molecule has 27 heavy (non-hydrogen) atoms. The van der Waals surface area contributed by atoms with Gasteiger partial charge in [-0.25, -0.2) is 0 Å². The van der Waals surface area contributed by atoms with Gasteiger partial charge in [-0.05, 0) is 48.9 Å². The van der Waals surface area contributed by atoms with Crippen LogP contribution in [0.5, 0.6) is 0 Å². The van der Waals surface area contributed by atoms with Crippen molar-refractivity contribution in [3.05, 3.63) is 64.7 Å². The van der Waals surface area contributed by atoms with E-state index in [1.165, 1.54) is 4.90 Å². The van der Waals surface area contributed by atoms with Gasteiger partial charge in [-0.1, -0.05) is 35.9 Å². The molecule has 2 aromatic carbocycles. The van der Waals surface area contributed by atoms with Crippen molar-refractivity contribution >= 4 is 35.2 Å². The normalized spacial score (nSPS) is 16.8. The minimum absolute atomic E-state index is 0.000557. The summed E-state index contributed by atoms with van der Waals surface area (Å²) in [5, 5.41) is 3.45. The van der Waals surface area contributed by atoms with E-state index in [-0.39, 0.29) is 17.7 Å². The standard InChI is InChI=1S/C21H23ClN2O2S/c1-27-17-10-8-15(9-11-17)13-23-20(25)16-5-4-12-24(14-16)21(26)18-6-2-3-7-19(18)22/h2-3,6-11,16H,4-5,12-14H2,1H3,(H,23,25)/t16-/m1/s1. The van der Waals surface area contributed by atoms with Crippen LogP contribution in [0.2, 0.25) is 5.02 Å². The first-order valence-corrected chi connectivity index (χ1v) is 10.6. The van der Waals surface area contributed by atoms with Crippen molar-refractivity contribution in [2.24, 2.45) is 5.92 Å². The van der Waals surface area contributed by atoms with Crippen molar-refractivity contribution in [1.82, 2.24) is 10.2 Å². The Hall–Kier alpha value is -1.98. The number of amides is 2. The maximum Gasteiger partial charge on any atom is 0.255 e. The molecule has 1 saturated heterocycles. The zero-order valence-electron chi connectivity index (χ0n) is 15.3. The lowest BCUT2D eigenvalue weighted by molar-refractivity contribution is -0.126. The topological polar surface area (TPSA) is 49.4 Å². The van der Waals surface area contributed by atoms with E-state index < -0.39 is 0 Å². The summed E-state index contributed by atoms with van der Waals surface area (Å²) in [7, 11) is 0. The molecule has 0 radical (unpaired) electrons. The highest BCUT2D eigenvalue weighted by atomic mass is 35.5. The fourth-order valence-electron chi connectivity index (χ4n) is 3.26. The first kappa shape index (κ1) is 19.8. The molecule has 1 aliphatic heterocycles. The van der Waals surface area contributed by atoms with E-state index in [4.69, 9.17) is 11.6 Å². The van der Waals surface area contributed by atoms with Gasteiger partial charge < -0.3 is 10.2 Å². The Labute approximate surface area is 169 Å². The van der Waals surface area contributed by atoms with Crippen LogP contribution in [0, 0.1) is 5.92 Å². The number of carbonyl (C=O) groups is 2. The van der Waals surface area contributed by atoms with E-state index in [1.54, 1.807) is 40.9 Å². The van der Waals surface area contributed by atoms with Crippen LogP contribution in [0.1, 0.15) is 28.8 Å². The molecular formula is C21H23ClN2O2S. The van der Waals surface area contributed by atoms with E-state index in [2.05, 4.69) is 17.4 Å². The van der Waals surface area contributed by atoms with Gasteiger partial charge in [-0.15, -0.1) is 11.8 Å². The molecule has 1 fully saturated rings. The highest BCUT2D eigenvalue weighted by Gasteiger charge is 2.29. The maximum absolute atomic E-state index is 12.7. The Balaban J connectivity index is 1.57. The summed E-state index contributed by atoms with van der Waals surface area (Å²) in [5.41, 5.74) is 1.56. The fraction of sp³-hybridized carbons (Fsp3) is 0.333. The number of thioether (sulfide) groups is 1. The monoisotopic (exact) mass is 402 g/mol. The number of carbonyl (C=O) groups excluding carboxylic acids is 2. The Morgan fingerprint density at radius 2 is 1.93 bits per heavy atom. The zero-order chi connectivity index (χ0) is 19.2. The first-order chi connectivity index (χ1) is 13.1. The van der Waals surface area contributed by atoms with Crippen LogP contribution in [0.15, 0.2) is 53.4 Å². The molecule has 1 atom stereocenters. The Morgan fingerprint density at radius 1 is 1.19 bits per heavy atom. The number of hydrogen-bond donors (Lipinski definition) is 1. The summed E-state index contributed by atoms with van der Waals surface area (Å²) < 4.78 is 0. The van der Waals surface area contributed by atoms with Crippen LogP contribution in [-0.4, -0.2) is 36.1 Å². The SMILES string of the molecule is CSc1ccc(CNC(=O)[C@@H]2CCCN(C(=O)c3ccccc3Cl)C2)cc1. The van der Waals surface area contributed by atoms with E-state index >= 15 is 0 Å². The molecule has 6 heteroatoms. The smallest absolute Gasteiger partial charge is 0.255 e. The van der Waals surface area contributed by atoms with Crippen molar-refractivity contribution in [3.8, 4) is 0 Å². The molecule has 0 aromatic heterocycles. The third-order valence-corrected chi connectivity index (χ3v) is 5.88. The summed E-state index contributed by atoms with van der Waals surface area (Å²) in [5.74, 6) is -0.290. The van der Waals surface area contributed by atoms with Gasteiger partial charge in [0.1, 0.15) is 0 Å². The van der Waals surface area contributed by atoms with E-state index in [0.29, 0.717) is 30.2 Å². The molecule has 142 valence electrons.